The first-order chi connectivity index (χ1) is 19.6. The molecule has 41 heavy (non-hydrogen) atoms. The first-order valence-electron chi connectivity index (χ1n) is 12.8. The summed E-state index contributed by atoms with van der Waals surface area (Å²) in [5, 5.41) is 18.3. The number of thioether (sulfide) groups is 1. The topological polar surface area (TPSA) is 95.6 Å². The molecule has 1 aliphatic heterocycles. The van der Waals surface area contributed by atoms with Crippen LogP contribution in [0, 0.1) is 0 Å². The van der Waals surface area contributed by atoms with E-state index >= 15 is 0 Å². The number of aliphatic imine (C=N–C) groups is 1. The smallest absolute Gasteiger partial charge is 0.359 e. The van der Waals surface area contributed by atoms with Crippen LogP contribution in [0.3, 0.4) is 0 Å². The fraction of sp³-hybridized carbons (Fsp3) is 0.241. The monoisotopic (exact) mass is 580 g/mol. The molecule has 0 radical (unpaired) electrons. The Balaban J connectivity index is 1.22. The van der Waals surface area contributed by atoms with Crippen LogP contribution in [0.1, 0.15) is 36.5 Å². The van der Waals surface area contributed by atoms with Crippen LogP contribution in [-0.4, -0.2) is 43.1 Å². The number of nitrogens with zero attached hydrogens (tertiary/aromatic N) is 5. The average molecular weight is 581 g/mol. The van der Waals surface area contributed by atoms with Gasteiger partial charge in [-0.15, -0.1) is 5.10 Å². The van der Waals surface area contributed by atoms with Gasteiger partial charge in [-0.05, 0) is 47.4 Å². The Hall–Kier alpha value is -4.00. The molecule has 1 atom stereocenters. The van der Waals surface area contributed by atoms with Gasteiger partial charge in [0, 0.05) is 12.1 Å². The Kier molecular flexibility index (Phi) is 8.25. The molecule has 0 saturated carbocycles. The van der Waals surface area contributed by atoms with Gasteiger partial charge >= 0.3 is 6.18 Å². The number of aromatic nitrogens is 3. The summed E-state index contributed by atoms with van der Waals surface area (Å²) in [6, 6.07) is 19.7. The van der Waals surface area contributed by atoms with Crippen LogP contribution < -0.4 is 10.2 Å². The van der Waals surface area contributed by atoms with Crippen molar-refractivity contribution in [3.05, 3.63) is 95.8 Å². The van der Waals surface area contributed by atoms with Gasteiger partial charge in [-0.2, -0.15) is 13.2 Å². The normalized spacial score (nSPS) is 15.7. The number of nitrogens with one attached hydrogen (secondary N) is 1. The first kappa shape index (κ1) is 28.5. The van der Waals surface area contributed by atoms with Crippen molar-refractivity contribution in [2.24, 2.45) is 4.99 Å². The fourth-order valence-electron chi connectivity index (χ4n) is 4.33. The minimum absolute atomic E-state index is 0.0842. The zero-order valence-electron chi connectivity index (χ0n) is 22.2. The van der Waals surface area contributed by atoms with E-state index in [-0.39, 0.29) is 17.6 Å². The van der Waals surface area contributed by atoms with Gasteiger partial charge in [0.15, 0.2) is 11.0 Å². The van der Waals surface area contributed by atoms with Crippen molar-refractivity contribution >= 4 is 28.5 Å². The van der Waals surface area contributed by atoms with Crippen LogP contribution >= 0.6 is 11.8 Å². The summed E-state index contributed by atoms with van der Waals surface area (Å²) in [7, 11) is 0. The maximum absolute atomic E-state index is 12.8. The molecule has 212 valence electrons. The van der Waals surface area contributed by atoms with Crippen molar-refractivity contribution in [3.8, 4) is 17.1 Å². The van der Waals surface area contributed by atoms with Crippen LogP contribution in [0.15, 0.2) is 84.1 Å². The zero-order valence-corrected chi connectivity index (χ0v) is 23.0. The van der Waals surface area contributed by atoms with Crippen molar-refractivity contribution in [2.75, 3.05) is 10.7 Å². The highest BCUT2D eigenvalue weighted by Crippen LogP contribution is 2.33. The Morgan fingerprint density at radius 1 is 1.05 bits per heavy atom. The number of para-hydroxylation sites is 1. The van der Waals surface area contributed by atoms with Crippen molar-refractivity contribution in [1.82, 2.24) is 20.1 Å². The lowest BCUT2D eigenvalue weighted by Crippen LogP contribution is -2.34. The van der Waals surface area contributed by atoms with Gasteiger partial charge in [0.1, 0.15) is 6.33 Å². The zero-order chi connectivity index (χ0) is 29.1. The predicted molar refractivity (Wildman–Crippen MR) is 153 cm³/mol. The largest absolute Gasteiger partial charge is 0.416 e. The maximum atomic E-state index is 12.8. The van der Waals surface area contributed by atoms with Gasteiger partial charge in [-0.3, -0.25) is 15.0 Å². The summed E-state index contributed by atoms with van der Waals surface area (Å²) in [6.07, 6.45) is -4.18. The number of aliphatic hydroxyl groups excluding tert-OH is 1. The second-order valence-corrected chi connectivity index (χ2v) is 10.6. The number of amides is 1. The third kappa shape index (κ3) is 6.50. The maximum Gasteiger partial charge on any atom is 0.416 e. The summed E-state index contributed by atoms with van der Waals surface area (Å²) in [5.74, 6) is 0.799. The first-order valence-corrected chi connectivity index (χ1v) is 13.8. The Morgan fingerprint density at radius 2 is 1.76 bits per heavy atom. The van der Waals surface area contributed by atoms with Crippen molar-refractivity contribution in [3.63, 3.8) is 0 Å². The molecule has 8 nitrogen and oxygen atoms in total. The van der Waals surface area contributed by atoms with Gasteiger partial charge in [0.2, 0.25) is 12.3 Å². The molecular weight excluding hydrogens is 553 g/mol. The molecule has 12 heteroatoms. The molecule has 0 bridgehead atoms. The summed E-state index contributed by atoms with van der Waals surface area (Å²) in [5.41, 5.74) is 3.12. The standard InChI is InChI=1S/C29H27F3N6O2S/c1-18(2)23-5-3-4-6-24(23)38-25(39)16-41-28(38)35-27(40)33-15-19-7-9-20(10-8-19)26-34-17-37(36-26)22-13-11-21(12-14-22)29(30,31)32/h3-14,17-18,27,33,40H,15-16H2,1-2H3. The number of amidine groups is 1. The number of anilines is 1. The summed E-state index contributed by atoms with van der Waals surface area (Å²) < 4.78 is 39.9. The number of benzene rings is 3. The number of aliphatic hydroxyl groups is 1. The SMILES string of the molecule is CC(C)c1ccccc1N1C(=O)CSC1=NC(O)NCc1ccc(-c2ncn(-c3ccc(C(F)(F)F)cc3)n2)cc1. The molecule has 0 aliphatic carbocycles. The number of hydrogen-bond donors (Lipinski definition) is 2. The third-order valence-corrected chi connectivity index (χ3v) is 7.39. The highest BCUT2D eigenvalue weighted by molar-refractivity contribution is 8.15. The van der Waals surface area contributed by atoms with Crippen molar-refractivity contribution in [2.45, 2.75) is 38.8 Å². The Bertz CT molecular complexity index is 1550. The van der Waals surface area contributed by atoms with Gasteiger partial charge in [0.05, 0.1) is 22.7 Å². The molecule has 1 aromatic heterocycles. The molecule has 1 aliphatic rings. The third-order valence-electron chi connectivity index (χ3n) is 6.45. The van der Waals surface area contributed by atoms with Gasteiger partial charge in [-0.25, -0.2) is 14.7 Å². The lowest BCUT2D eigenvalue weighted by atomic mass is 10.0. The average Bonchev–Trinajstić information content (AvgIpc) is 3.59. The molecule has 1 amide bonds. The molecular formula is C29H27F3N6O2S. The quantitative estimate of drug-likeness (QED) is 0.264. The highest BCUT2D eigenvalue weighted by Gasteiger charge is 2.32. The van der Waals surface area contributed by atoms with Crippen molar-refractivity contribution in [1.29, 1.82) is 0 Å². The number of hydrogen-bond acceptors (Lipinski definition) is 7. The van der Waals surface area contributed by atoms with Crippen LogP contribution in [0.25, 0.3) is 17.1 Å². The minimum Gasteiger partial charge on any atom is -0.359 e. The van der Waals surface area contributed by atoms with E-state index in [1.165, 1.54) is 34.9 Å². The Labute approximate surface area is 238 Å². The Morgan fingerprint density at radius 3 is 2.44 bits per heavy atom. The lowest BCUT2D eigenvalue weighted by molar-refractivity contribution is -0.137. The van der Waals surface area contributed by atoms with E-state index in [2.05, 4.69) is 34.2 Å². The summed E-state index contributed by atoms with van der Waals surface area (Å²) in [6.45, 7) is 4.44. The van der Waals surface area contributed by atoms with E-state index in [4.69, 9.17) is 0 Å². The van der Waals surface area contributed by atoms with E-state index in [0.717, 1.165) is 34.5 Å². The number of carbonyl (C=O) groups excluding carboxylic acids is 1. The second-order valence-electron chi connectivity index (χ2n) is 9.65. The van der Waals surface area contributed by atoms with Gasteiger partial charge < -0.3 is 5.11 Å². The van der Waals surface area contributed by atoms with E-state index in [0.29, 0.717) is 23.2 Å². The highest BCUT2D eigenvalue weighted by atomic mass is 32.2. The molecule has 4 aromatic rings. The number of carbonyl (C=O) groups is 1. The van der Waals surface area contributed by atoms with Crippen LogP contribution in [-0.2, 0) is 17.5 Å². The van der Waals surface area contributed by atoms with Gasteiger partial charge in [0.25, 0.3) is 0 Å². The summed E-state index contributed by atoms with van der Waals surface area (Å²) >= 11 is 1.29. The number of alkyl halides is 3. The van der Waals surface area contributed by atoms with E-state index in [9.17, 15) is 23.1 Å². The van der Waals surface area contributed by atoms with Crippen LogP contribution in [0.4, 0.5) is 18.9 Å². The number of rotatable bonds is 8. The van der Waals surface area contributed by atoms with Crippen LogP contribution in [0.2, 0.25) is 0 Å². The lowest BCUT2D eigenvalue weighted by Gasteiger charge is -2.22. The fourth-order valence-corrected chi connectivity index (χ4v) is 5.21. The van der Waals surface area contributed by atoms with E-state index in [1.54, 1.807) is 4.90 Å². The molecule has 2 heterocycles. The molecule has 1 fully saturated rings. The van der Waals surface area contributed by atoms with Gasteiger partial charge in [-0.1, -0.05) is 68.1 Å². The number of halogens is 3. The summed E-state index contributed by atoms with van der Waals surface area (Å²) in [4.78, 5) is 22.9. The molecule has 1 unspecified atom stereocenters. The molecule has 1 saturated heterocycles. The predicted octanol–water partition coefficient (Wildman–Crippen LogP) is 5.58. The van der Waals surface area contributed by atoms with E-state index in [1.807, 2.05) is 48.5 Å². The minimum atomic E-state index is -4.40. The molecule has 0 spiro atoms. The van der Waals surface area contributed by atoms with E-state index < -0.39 is 18.1 Å². The molecule has 2 N–H and O–H groups in total. The second kappa shape index (κ2) is 11.9. The molecule has 5 rings (SSSR count). The molecule has 3 aromatic carbocycles. The van der Waals surface area contributed by atoms with Crippen molar-refractivity contribution < 1.29 is 23.1 Å². The van der Waals surface area contributed by atoms with Crippen LogP contribution in [0.5, 0.6) is 0 Å².